The van der Waals surface area contributed by atoms with Gasteiger partial charge in [0.25, 0.3) is 0 Å². The molecule has 0 heterocycles. The van der Waals surface area contributed by atoms with Crippen LogP contribution in [0.1, 0.15) is 20.8 Å². The van der Waals surface area contributed by atoms with E-state index >= 15 is 0 Å². The highest BCUT2D eigenvalue weighted by Crippen LogP contribution is 2.21. The SMILES string of the molecule is CC(C)(C)Oc1ccc(OS(=O)(=O)[I+]c2ccccc2)cc1. The topological polar surface area (TPSA) is 52.6 Å². The van der Waals surface area contributed by atoms with Gasteiger partial charge in [-0.2, -0.15) is 0 Å². The molecule has 0 atom stereocenters. The van der Waals surface area contributed by atoms with Crippen LogP contribution >= 0.6 is 0 Å². The lowest BCUT2D eigenvalue weighted by Gasteiger charge is -2.21. The minimum absolute atomic E-state index is 0.298. The van der Waals surface area contributed by atoms with Crippen LogP contribution in [0, 0.1) is 3.57 Å². The quantitative estimate of drug-likeness (QED) is 0.508. The molecule has 0 fully saturated rings. The summed E-state index contributed by atoms with van der Waals surface area (Å²) in [4.78, 5) is 0. The molecule has 4 nitrogen and oxygen atoms in total. The summed E-state index contributed by atoms with van der Waals surface area (Å²) in [6.45, 7) is 5.85. The van der Waals surface area contributed by atoms with Gasteiger partial charge in [-0.15, -0.1) is 8.42 Å². The molecular weight excluding hydrogens is 415 g/mol. The Labute approximate surface area is 140 Å². The number of ether oxygens (including phenoxy) is 1. The molecule has 22 heavy (non-hydrogen) atoms. The van der Waals surface area contributed by atoms with Gasteiger partial charge in [-0.05, 0) is 57.2 Å². The molecule has 118 valence electrons. The molecule has 2 aromatic carbocycles. The third-order valence-electron chi connectivity index (χ3n) is 2.36. The molecule has 0 radical (unpaired) electrons. The number of rotatable bonds is 5. The lowest BCUT2D eigenvalue weighted by molar-refractivity contribution is -0.469. The molecule has 0 saturated heterocycles. The summed E-state index contributed by atoms with van der Waals surface area (Å²) < 4.78 is 35.8. The summed E-state index contributed by atoms with van der Waals surface area (Å²) in [5, 5.41) is 0. The van der Waals surface area contributed by atoms with Gasteiger partial charge in [0.2, 0.25) is 3.57 Å². The minimum Gasteiger partial charge on any atom is -0.488 e. The second-order valence-electron chi connectivity index (χ2n) is 5.53. The smallest absolute Gasteiger partial charge is 0.488 e. The van der Waals surface area contributed by atoms with Crippen LogP contribution in [-0.2, 0) is 7.29 Å². The highest BCUT2D eigenvalue weighted by atomic mass is 127. The van der Waals surface area contributed by atoms with Crippen molar-refractivity contribution in [2.75, 3.05) is 0 Å². The zero-order valence-corrected chi connectivity index (χ0v) is 15.6. The van der Waals surface area contributed by atoms with Crippen molar-refractivity contribution in [3.8, 4) is 11.5 Å². The predicted octanol–water partition coefficient (Wildman–Crippen LogP) is 0.446. The van der Waals surface area contributed by atoms with E-state index in [9.17, 15) is 8.42 Å². The largest absolute Gasteiger partial charge is 0.532 e. The van der Waals surface area contributed by atoms with E-state index in [0.29, 0.717) is 11.5 Å². The van der Waals surface area contributed by atoms with Crippen LogP contribution in [0.2, 0.25) is 0 Å². The first-order valence-corrected chi connectivity index (χ1v) is 11.7. The zero-order chi connectivity index (χ0) is 16.2. The van der Waals surface area contributed by atoms with Crippen molar-refractivity contribution in [1.29, 1.82) is 0 Å². The number of hydrogen-bond acceptors (Lipinski definition) is 4. The molecule has 6 heteroatoms. The van der Waals surface area contributed by atoms with E-state index in [4.69, 9.17) is 8.92 Å². The number of hydrogen-bond donors (Lipinski definition) is 0. The van der Waals surface area contributed by atoms with Gasteiger partial charge in [0.05, 0.1) is 0 Å². The first-order chi connectivity index (χ1) is 10.2. The van der Waals surface area contributed by atoms with Crippen molar-refractivity contribution in [3.63, 3.8) is 0 Å². The second kappa shape index (κ2) is 6.87. The van der Waals surface area contributed by atoms with Gasteiger partial charge in [0.1, 0.15) is 17.1 Å². The van der Waals surface area contributed by atoms with Crippen LogP contribution in [-0.4, -0.2) is 14.0 Å². The Morgan fingerprint density at radius 2 is 1.41 bits per heavy atom. The van der Waals surface area contributed by atoms with Gasteiger partial charge < -0.3 is 8.92 Å². The van der Waals surface area contributed by atoms with Crippen LogP contribution in [0.15, 0.2) is 54.6 Å². The van der Waals surface area contributed by atoms with E-state index in [1.807, 2.05) is 39.0 Å². The summed E-state index contributed by atoms with van der Waals surface area (Å²) in [5.41, 5.74) is -0.298. The fourth-order valence-electron chi connectivity index (χ4n) is 1.62. The van der Waals surface area contributed by atoms with E-state index in [1.54, 1.807) is 36.4 Å². The monoisotopic (exact) mass is 433 g/mol. The van der Waals surface area contributed by atoms with E-state index in [-0.39, 0.29) is 5.60 Å². The van der Waals surface area contributed by atoms with Gasteiger partial charge in [0, 0.05) is 0 Å². The molecule has 0 aromatic heterocycles. The average molecular weight is 433 g/mol. The molecule has 0 aliphatic heterocycles. The Hall–Kier alpha value is -1.28. The molecule has 0 N–H and O–H groups in total. The molecule has 0 bridgehead atoms. The van der Waals surface area contributed by atoms with Crippen LogP contribution in [0.4, 0.5) is 0 Å². The predicted molar refractivity (Wildman–Crippen MR) is 81.5 cm³/mol. The van der Waals surface area contributed by atoms with Gasteiger partial charge in [-0.25, -0.2) is 0 Å². The van der Waals surface area contributed by atoms with Crippen LogP contribution in [0.5, 0.6) is 11.5 Å². The summed E-state index contributed by atoms with van der Waals surface area (Å²) in [7, 11) is -3.57. The fourth-order valence-corrected chi connectivity index (χ4v) is 6.37. The summed E-state index contributed by atoms with van der Waals surface area (Å²) in [6.07, 6.45) is 0. The Kier molecular flexibility index (Phi) is 5.33. The molecule has 0 aliphatic carbocycles. The van der Waals surface area contributed by atoms with Crippen molar-refractivity contribution in [1.82, 2.24) is 0 Å². The van der Waals surface area contributed by atoms with Gasteiger partial charge in [0.15, 0.2) is 0 Å². The van der Waals surface area contributed by atoms with E-state index in [2.05, 4.69) is 0 Å². The molecule has 2 rings (SSSR count). The Morgan fingerprint density at radius 1 is 0.864 bits per heavy atom. The molecule has 2 aromatic rings. The highest BCUT2D eigenvalue weighted by molar-refractivity contribution is 7.80. The zero-order valence-electron chi connectivity index (χ0n) is 12.6. The van der Waals surface area contributed by atoms with E-state index in [0.717, 1.165) is 3.57 Å². The molecule has 0 aliphatic rings. The van der Waals surface area contributed by atoms with Crippen molar-refractivity contribution < 1.29 is 37.2 Å². The minimum atomic E-state index is -3.57. The van der Waals surface area contributed by atoms with Crippen molar-refractivity contribution >= 4 is 7.29 Å². The summed E-state index contributed by atoms with van der Waals surface area (Å²) >= 11 is -1.26. The van der Waals surface area contributed by atoms with Crippen molar-refractivity contribution in [2.24, 2.45) is 0 Å². The lowest BCUT2D eigenvalue weighted by Crippen LogP contribution is -3.64. The van der Waals surface area contributed by atoms with E-state index in [1.165, 1.54) is 0 Å². The fraction of sp³-hybridized carbons (Fsp3) is 0.250. The molecule has 0 unspecified atom stereocenters. The Morgan fingerprint density at radius 3 is 1.95 bits per heavy atom. The maximum absolute atomic E-state index is 12.1. The maximum atomic E-state index is 12.1. The van der Waals surface area contributed by atoms with Crippen molar-refractivity contribution in [2.45, 2.75) is 26.4 Å². The summed E-state index contributed by atoms with van der Waals surface area (Å²) in [6, 6.07) is 15.7. The van der Waals surface area contributed by atoms with Crippen LogP contribution in [0.3, 0.4) is 0 Å². The number of halogens is 1. The molecule has 0 spiro atoms. The van der Waals surface area contributed by atoms with Gasteiger partial charge >= 0.3 is 27.1 Å². The number of benzene rings is 2. The highest BCUT2D eigenvalue weighted by Gasteiger charge is 2.33. The Balaban J connectivity index is 2.04. The van der Waals surface area contributed by atoms with E-state index < -0.39 is 27.1 Å². The first kappa shape index (κ1) is 17.1. The van der Waals surface area contributed by atoms with Crippen LogP contribution < -0.4 is 28.7 Å². The van der Waals surface area contributed by atoms with Gasteiger partial charge in [-0.1, -0.05) is 18.2 Å². The Bertz CT molecular complexity index is 704. The average Bonchev–Trinajstić information content (AvgIpc) is 2.39. The molecular formula is C16H18IO4S+. The van der Waals surface area contributed by atoms with Crippen LogP contribution in [0.25, 0.3) is 0 Å². The second-order valence-corrected chi connectivity index (χ2v) is 12.4. The van der Waals surface area contributed by atoms with Crippen molar-refractivity contribution in [3.05, 3.63) is 58.2 Å². The first-order valence-electron chi connectivity index (χ1n) is 6.69. The standard InChI is InChI=1S/C16H18IO4S/c1-16(2,3)20-14-9-11-15(12-10-14)21-22(18,19)17-13-7-5-4-6-8-13/h4-12H,1-3H3/q+1. The summed E-state index contributed by atoms with van der Waals surface area (Å²) in [5.74, 6) is 0.979. The molecule has 0 saturated carbocycles. The third kappa shape index (κ3) is 5.84. The lowest BCUT2D eigenvalue weighted by atomic mass is 10.2. The van der Waals surface area contributed by atoms with Gasteiger partial charge in [-0.3, -0.25) is 0 Å². The third-order valence-corrected chi connectivity index (χ3v) is 7.52. The maximum Gasteiger partial charge on any atom is 0.532 e. The molecule has 0 amide bonds. The normalized spacial score (nSPS) is 12.0.